The molecule has 1 fully saturated rings. The van der Waals surface area contributed by atoms with Gasteiger partial charge in [-0.15, -0.1) is 11.3 Å². The van der Waals surface area contributed by atoms with E-state index in [4.69, 9.17) is 11.6 Å². The number of thiophene rings is 1. The van der Waals surface area contributed by atoms with Crippen molar-refractivity contribution in [2.75, 3.05) is 31.6 Å². The van der Waals surface area contributed by atoms with Crippen molar-refractivity contribution >= 4 is 38.7 Å². The summed E-state index contributed by atoms with van der Waals surface area (Å²) in [7, 11) is -2.92. The van der Waals surface area contributed by atoms with Crippen LogP contribution in [0, 0.1) is 6.92 Å². The highest BCUT2D eigenvalue weighted by Gasteiger charge is 2.23. The summed E-state index contributed by atoms with van der Waals surface area (Å²) in [5, 5.41) is 5.44. The summed E-state index contributed by atoms with van der Waals surface area (Å²) in [6.45, 7) is 4.06. The molecule has 1 amide bonds. The summed E-state index contributed by atoms with van der Waals surface area (Å²) in [4.78, 5) is 14.9. The zero-order valence-corrected chi connectivity index (χ0v) is 15.2. The average molecular weight is 365 g/mol. The molecule has 1 N–H and O–H groups in total. The topological polar surface area (TPSA) is 66.5 Å². The predicted octanol–water partition coefficient (Wildman–Crippen LogP) is 1.95. The molecule has 0 atom stereocenters. The number of carbonyl (C=O) groups excluding carboxylic acids is 1. The standard InChI is InChI=1S/C14H21ClN2O3S2/c1-10-9-21-13(12(10)15)14(18)16-11-3-5-17(6-4-11)7-8-22(2,19)20/h9,11H,3-8H2,1-2H3,(H,16,18). The van der Waals surface area contributed by atoms with Gasteiger partial charge in [0.25, 0.3) is 5.91 Å². The molecule has 124 valence electrons. The van der Waals surface area contributed by atoms with Gasteiger partial charge in [-0.3, -0.25) is 4.79 Å². The minimum Gasteiger partial charge on any atom is -0.348 e. The van der Waals surface area contributed by atoms with Crippen LogP contribution in [0.25, 0.3) is 0 Å². The molecule has 0 saturated carbocycles. The molecule has 2 heterocycles. The van der Waals surface area contributed by atoms with Crippen LogP contribution < -0.4 is 5.32 Å². The minimum absolute atomic E-state index is 0.113. The van der Waals surface area contributed by atoms with Crippen LogP contribution in [0.15, 0.2) is 5.38 Å². The lowest BCUT2D eigenvalue weighted by Gasteiger charge is -2.32. The first-order chi connectivity index (χ1) is 10.3. The molecule has 1 saturated heterocycles. The Morgan fingerprint density at radius 3 is 2.59 bits per heavy atom. The molecule has 0 spiro atoms. The number of nitrogens with zero attached hydrogens (tertiary/aromatic N) is 1. The van der Waals surface area contributed by atoms with Gasteiger partial charge >= 0.3 is 0 Å². The molecule has 2 rings (SSSR count). The molecule has 1 aliphatic rings. The fourth-order valence-corrected chi connectivity index (χ4v) is 4.20. The van der Waals surface area contributed by atoms with Gasteiger partial charge in [0, 0.05) is 31.9 Å². The fraction of sp³-hybridized carbons (Fsp3) is 0.643. The van der Waals surface area contributed by atoms with Crippen molar-refractivity contribution in [3.63, 3.8) is 0 Å². The molecule has 0 aromatic carbocycles. The van der Waals surface area contributed by atoms with E-state index in [0.29, 0.717) is 16.4 Å². The molecule has 1 aromatic heterocycles. The molecule has 1 aromatic rings. The van der Waals surface area contributed by atoms with E-state index in [1.54, 1.807) is 0 Å². The molecule has 22 heavy (non-hydrogen) atoms. The van der Waals surface area contributed by atoms with Crippen molar-refractivity contribution in [1.29, 1.82) is 0 Å². The van der Waals surface area contributed by atoms with Gasteiger partial charge in [0.1, 0.15) is 14.7 Å². The Kier molecular flexibility index (Phi) is 5.87. The van der Waals surface area contributed by atoms with Crippen LogP contribution in [-0.4, -0.2) is 56.9 Å². The van der Waals surface area contributed by atoms with E-state index >= 15 is 0 Å². The zero-order valence-electron chi connectivity index (χ0n) is 12.8. The number of carbonyl (C=O) groups is 1. The van der Waals surface area contributed by atoms with Crippen LogP contribution in [-0.2, 0) is 9.84 Å². The van der Waals surface area contributed by atoms with Gasteiger partial charge in [-0.05, 0) is 30.7 Å². The number of sulfone groups is 1. The molecular weight excluding hydrogens is 344 g/mol. The maximum absolute atomic E-state index is 12.2. The fourth-order valence-electron chi connectivity index (χ4n) is 2.43. The van der Waals surface area contributed by atoms with Gasteiger partial charge in [-0.2, -0.15) is 0 Å². The number of amides is 1. The molecular formula is C14H21ClN2O3S2. The Hall–Kier alpha value is -0.630. The SMILES string of the molecule is Cc1csc(C(=O)NC2CCN(CCS(C)(=O)=O)CC2)c1Cl. The second-order valence-corrected chi connectivity index (χ2v) is 9.30. The Morgan fingerprint density at radius 1 is 1.45 bits per heavy atom. The molecule has 8 heteroatoms. The number of hydrogen-bond acceptors (Lipinski definition) is 5. The van der Waals surface area contributed by atoms with Crippen molar-refractivity contribution in [3.8, 4) is 0 Å². The molecule has 0 aliphatic carbocycles. The lowest BCUT2D eigenvalue weighted by molar-refractivity contribution is 0.0917. The van der Waals surface area contributed by atoms with Gasteiger partial charge in [0.05, 0.1) is 10.8 Å². The van der Waals surface area contributed by atoms with E-state index < -0.39 is 9.84 Å². The first-order valence-corrected chi connectivity index (χ1v) is 10.5. The Labute approximate surface area is 140 Å². The van der Waals surface area contributed by atoms with Crippen LogP contribution in [0.1, 0.15) is 28.1 Å². The lowest BCUT2D eigenvalue weighted by Crippen LogP contribution is -2.45. The van der Waals surface area contributed by atoms with Crippen LogP contribution in [0.2, 0.25) is 5.02 Å². The third-order valence-corrected chi connectivity index (χ3v) is 6.43. The van der Waals surface area contributed by atoms with Gasteiger partial charge in [-0.1, -0.05) is 11.6 Å². The van der Waals surface area contributed by atoms with Gasteiger partial charge in [0.15, 0.2) is 0 Å². The number of hydrogen-bond donors (Lipinski definition) is 1. The summed E-state index contributed by atoms with van der Waals surface area (Å²) in [5.74, 6) is 0.0753. The first-order valence-electron chi connectivity index (χ1n) is 7.21. The zero-order chi connectivity index (χ0) is 16.3. The summed E-state index contributed by atoms with van der Waals surface area (Å²) in [5.41, 5.74) is 0.924. The number of halogens is 1. The van der Waals surface area contributed by atoms with E-state index in [-0.39, 0.29) is 17.7 Å². The summed E-state index contributed by atoms with van der Waals surface area (Å²) in [6.07, 6.45) is 2.92. The first kappa shape index (κ1) is 17.7. The van der Waals surface area contributed by atoms with Crippen LogP contribution in [0.4, 0.5) is 0 Å². The van der Waals surface area contributed by atoms with Crippen molar-refractivity contribution in [2.24, 2.45) is 0 Å². The van der Waals surface area contributed by atoms with Gasteiger partial charge in [-0.25, -0.2) is 8.42 Å². The maximum atomic E-state index is 12.2. The molecule has 1 aliphatic heterocycles. The highest BCUT2D eigenvalue weighted by atomic mass is 35.5. The Morgan fingerprint density at radius 2 is 2.09 bits per heavy atom. The third kappa shape index (κ3) is 4.94. The van der Waals surface area contributed by atoms with Crippen molar-refractivity contribution in [2.45, 2.75) is 25.8 Å². The quantitative estimate of drug-likeness (QED) is 0.867. The second kappa shape index (κ2) is 7.29. The van der Waals surface area contributed by atoms with E-state index in [1.807, 2.05) is 12.3 Å². The number of rotatable bonds is 5. The smallest absolute Gasteiger partial charge is 0.263 e. The van der Waals surface area contributed by atoms with Crippen LogP contribution in [0.5, 0.6) is 0 Å². The summed E-state index contributed by atoms with van der Waals surface area (Å²) >= 11 is 7.48. The van der Waals surface area contributed by atoms with E-state index in [9.17, 15) is 13.2 Å². The van der Waals surface area contributed by atoms with Crippen molar-refractivity contribution in [1.82, 2.24) is 10.2 Å². The van der Waals surface area contributed by atoms with E-state index in [0.717, 1.165) is 31.5 Å². The van der Waals surface area contributed by atoms with Crippen LogP contribution in [0.3, 0.4) is 0 Å². The molecule has 0 bridgehead atoms. The Bertz CT molecular complexity index is 635. The van der Waals surface area contributed by atoms with Crippen molar-refractivity contribution < 1.29 is 13.2 Å². The number of likely N-dealkylation sites (tertiary alicyclic amines) is 1. The van der Waals surface area contributed by atoms with Gasteiger partial charge in [0.2, 0.25) is 0 Å². The summed E-state index contributed by atoms with van der Waals surface area (Å²) in [6, 6.07) is 0.125. The number of aryl methyl sites for hydroxylation is 1. The predicted molar refractivity (Wildman–Crippen MR) is 90.7 cm³/mol. The maximum Gasteiger partial charge on any atom is 0.263 e. The highest BCUT2D eigenvalue weighted by molar-refractivity contribution is 7.90. The normalized spacial score (nSPS) is 17.6. The number of piperidine rings is 1. The Balaban J connectivity index is 1.80. The number of nitrogens with one attached hydrogen (secondary N) is 1. The minimum atomic E-state index is -2.92. The van der Waals surface area contributed by atoms with E-state index in [2.05, 4.69) is 10.2 Å². The third-order valence-electron chi connectivity index (χ3n) is 3.81. The van der Waals surface area contributed by atoms with Crippen LogP contribution >= 0.6 is 22.9 Å². The molecule has 5 nitrogen and oxygen atoms in total. The lowest BCUT2D eigenvalue weighted by atomic mass is 10.1. The van der Waals surface area contributed by atoms with E-state index in [1.165, 1.54) is 17.6 Å². The largest absolute Gasteiger partial charge is 0.348 e. The molecule has 0 radical (unpaired) electrons. The van der Waals surface area contributed by atoms with Gasteiger partial charge < -0.3 is 10.2 Å². The van der Waals surface area contributed by atoms with Crippen molar-refractivity contribution in [3.05, 3.63) is 20.8 Å². The average Bonchev–Trinajstić information content (AvgIpc) is 2.77. The molecule has 0 unspecified atom stereocenters. The second-order valence-electron chi connectivity index (χ2n) is 5.78. The highest BCUT2D eigenvalue weighted by Crippen LogP contribution is 2.27. The monoisotopic (exact) mass is 364 g/mol. The summed E-state index contributed by atoms with van der Waals surface area (Å²) < 4.78 is 22.4.